The van der Waals surface area contributed by atoms with Crippen molar-refractivity contribution in [2.45, 2.75) is 52.4 Å². The van der Waals surface area contributed by atoms with Crippen molar-refractivity contribution >= 4 is 0 Å². The number of aryl methyl sites for hydroxylation is 1. The van der Waals surface area contributed by atoms with Gasteiger partial charge < -0.3 is 0 Å². The molecular weight excluding hydrogens is 240 g/mol. The molecule has 0 amide bonds. The van der Waals surface area contributed by atoms with Crippen LogP contribution < -0.4 is 0 Å². The molecule has 0 saturated carbocycles. The van der Waals surface area contributed by atoms with E-state index in [1.165, 1.54) is 36.8 Å². The van der Waals surface area contributed by atoms with Gasteiger partial charge in [-0.2, -0.15) is 0 Å². The van der Waals surface area contributed by atoms with E-state index in [-0.39, 0.29) is 0 Å². The number of benzene rings is 2. The summed E-state index contributed by atoms with van der Waals surface area (Å²) < 4.78 is 0. The largest absolute Gasteiger partial charge is 0.0654 e. The van der Waals surface area contributed by atoms with Crippen LogP contribution in [0.2, 0.25) is 0 Å². The Hall–Kier alpha value is -1.56. The van der Waals surface area contributed by atoms with Crippen LogP contribution in [0.15, 0.2) is 60.7 Å². The summed E-state index contributed by atoms with van der Waals surface area (Å²) in [6, 6.07) is 21.2. The summed E-state index contributed by atoms with van der Waals surface area (Å²) in [5, 5.41) is 0. The highest BCUT2D eigenvalue weighted by Crippen LogP contribution is 2.11. The lowest BCUT2D eigenvalue weighted by molar-refractivity contribution is 0.717. The molecule has 0 atom stereocenters. The van der Waals surface area contributed by atoms with E-state index < -0.39 is 0 Å². The van der Waals surface area contributed by atoms with Crippen LogP contribution in [-0.4, -0.2) is 0 Å². The van der Waals surface area contributed by atoms with Crippen LogP contribution in [0.25, 0.3) is 0 Å². The summed E-state index contributed by atoms with van der Waals surface area (Å²) in [6.45, 7) is 6.65. The van der Waals surface area contributed by atoms with Gasteiger partial charge >= 0.3 is 0 Å². The summed E-state index contributed by atoms with van der Waals surface area (Å²) in [4.78, 5) is 0. The van der Waals surface area contributed by atoms with Gasteiger partial charge in [0.05, 0.1) is 0 Å². The summed E-state index contributed by atoms with van der Waals surface area (Å²) >= 11 is 0. The Labute approximate surface area is 124 Å². The van der Waals surface area contributed by atoms with Gasteiger partial charge in [0.1, 0.15) is 0 Å². The molecule has 0 N–H and O–H groups in total. The first-order valence-corrected chi connectivity index (χ1v) is 7.83. The minimum atomic E-state index is 0.659. The molecule has 0 radical (unpaired) electrons. The third-order valence-electron chi connectivity index (χ3n) is 3.38. The molecule has 108 valence electrons. The summed E-state index contributed by atoms with van der Waals surface area (Å²) in [5.74, 6) is 0.659. The molecule has 0 spiro atoms. The molecule has 0 heterocycles. The van der Waals surface area contributed by atoms with Crippen molar-refractivity contribution in [2.75, 3.05) is 0 Å². The third kappa shape index (κ3) is 7.13. The average molecular weight is 268 g/mol. The minimum Gasteiger partial charge on any atom is -0.0654 e. The van der Waals surface area contributed by atoms with Gasteiger partial charge in [0, 0.05) is 0 Å². The van der Waals surface area contributed by atoms with Crippen LogP contribution in [0.3, 0.4) is 0 Å². The van der Waals surface area contributed by atoms with Crippen LogP contribution in [0.5, 0.6) is 0 Å². The molecule has 0 saturated heterocycles. The lowest BCUT2D eigenvalue weighted by atomic mass is 10.0. The van der Waals surface area contributed by atoms with Gasteiger partial charge in [-0.05, 0) is 29.9 Å². The summed E-state index contributed by atoms with van der Waals surface area (Å²) in [7, 11) is 0. The zero-order valence-corrected chi connectivity index (χ0v) is 13.2. The zero-order valence-electron chi connectivity index (χ0n) is 13.2. The standard InChI is InChI=1S/C11H16.C9H12/c1-2-3-5-8-11-9-6-4-7-10-11;1-8(2)9-6-4-3-5-7-9/h4,6-7,9-10H,2-3,5,8H2,1H3;3-8H,1-2H3. The van der Waals surface area contributed by atoms with Crippen molar-refractivity contribution in [1.29, 1.82) is 0 Å². The Morgan fingerprint density at radius 3 is 1.75 bits per heavy atom. The molecule has 2 rings (SSSR count). The number of unbranched alkanes of at least 4 members (excludes halogenated alkanes) is 2. The summed E-state index contributed by atoms with van der Waals surface area (Å²) in [5.41, 5.74) is 2.89. The van der Waals surface area contributed by atoms with Crippen molar-refractivity contribution < 1.29 is 0 Å². The molecular formula is C20H28. The first-order valence-electron chi connectivity index (χ1n) is 7.83. The van der Waals surface area contributed by atoms with E-state index in [2.05, 4.69) is 75.4 Å². The van der Waals surface area contributed by atoms with Crippen molar-refractivity contribution in [3.05, 3.63) is 71.8 Å². The molecule has 0 unspecified atom stereocenters. The fourth-order valence-electron chi connectivity index (χ4n) is 2.06. The smallest absolute Gasteiger partial charge is 0.0219 e. The van der Waals surface area contributed by atoms with E-state index in [4.69, 9.17) is 0 Å². The number of rotatable bonds is 5. The van der Waals surface area contributed by atoms with Crippen LogP contribution in [-0.2, 0) is 6.42 Å². The van der Waals surface area contributed by atoms with E-state index in [0.29, 0.717) is 5.92 Å². The second-order valence-electron chi connectivity index (χ2n) is 5.51. The van der Waals surface area contributed by atoms with Gasteiger partial charge in [0.15, 0.2) is 0 Å². The normalized spacial score (nSPS) is 10.0. The van der Waals surface area contributed by atoms with E-state index in [1.807, 2.05) is 6.07 Å². The summed E-state index contributed by atoms with van der Waals surface area (Å²) in [6.07, 6.45) is 5.25. The Bertz CT molecular complexity index is 428. The molecule has 0 aromatic heterocycles. The monoisotopic (exact) mass is 268 g/mol. The van der Waals surface area contributed by atoms with E-state index >= 15 is 0 Å². The van der Waals surface area contributed by atoms with Crippen LogP contribution in [0.4, 0.5) is 0 Å². The van der Waals surface area contributed by atoms with Gasteiger partial charge in [0.2, 0.25) is 0 Å². The predicted molar refractivity (Wildman–Crippen MR) is 90.2 cm³/mol. The molecule has 0 fully saturated rings. The second kappa shape index (κ2) is 10.3. The maximum Gasteiger partial charge on any atom is -0.0219 e. The van der Waals surface area contributed by atoms with E-state index in [0.717, 1.165) is 0 Å². The maximum absolute atomic E-state index is 2.24. The fourth-order valence-corrected chi connectivity index (χ4v) is 2.06. The molecule has 0 aliphatic carbocycles. The Balaban J connectivity index is 0.000000204. The van der Waals surface area contributed by atoms with Crippen LogP contribution in [0, 0.1) is 0 Å². The van der Waals surface area contributed by atoms with Crippen LogP contribution >= 0.6 is 0 Å². The van der Waals surface area contributed by atoms with E-state index in [9.17, 15) is 0 Å². The van der Waals surface area contributed by atoms with Crippen molar-refractivity contribution in [2.24, 2.45) is 0 Å². The minimum absolute atomic E-state index is 0.659. The van der Waals surface area contributed by atoms with Crippen molar-refractivity contribution in [1.82, 2.24) is 0 Å². The van der Waals surface area contributed by atoms with Gasteiger partial charge in [-0.15, -0.1) is 0 Å². The molecule has 0 aliphatic rings. The predicted octanol–water partition coefficient (Wildman–Crippen LogP) is 6.23. The van der Waals surface area contributed by atoms with Gasteiger partial charge in [-0.25, -0.2) is 0 Å². The molecule has 2 aromatic carbocycles. The third-order valence-corrected chi connectivity index (χ3v) is 3.38. The van der Waals surface area contributed by atoms with Gasteiger partial charge in [-0.1, -0.05) is 94.3 Å². The maximum atomic E-state index is 2.24. The lowest BCUT2D eigenvalue weighted by Gasteiger charge is -2.01. The molecule has 20 heavy (non-hydrogen) atoms. The molecule has 0 nitrogen and oxygen atoms in total. The molecule has 0 bridgehead atoms. The van der Waals surface area contributed by atoms with E-state index in [1.54, 1.807) is 0 Å². The highest BCUT2D eigenvalue weighted by molar-refractivity contribution is 5.17. The average Bonchev–Trinajstić information content (AvgIpc) is 2.50. The first kappa shape index (κ1) is 16.5. The number of hydrogen-bond acceptors (Lipinski definition) is 0. The SMILES string of the molecule is CC(C)c1ccccc1.CCCCCc1ccccc1. The Morgan fingerprint density at radius 1 is 0.750 bits per heavy atom. The highest BCUT2D eigenvalue weighted by Gasteiger charge is 1.93. The van der Waals surface area contributed by atoms with Crippen LogP contribution in [0.1, 0.15) is 57.1 Å². The lowest BCUT2D eigenvalue weighted by Crippen LogP contribution is -1.83. The quantitative estimate of drug-likeness (QED) is 0.564. The second-order valence-corrected chi connectivity index (χ2v) is 5.51. The highest BCUT2D eigenvalue weighted by atomic mass is 14.0. The molecule has 0 heteroatoms. The molecule has 2 aromatic rings. The van der Waals surface area contributed by atoms with Gasteiger partial charge in [-0.3, -0.25) is 0 Å². The number of hydrogen-bond donors (Lipinski definition) is 0. The Kier molecular flexibility index (Phi) is 8.46. The zero-order chi connectivity index (χ0) is 14.6. The van der Waals surface area contributed by atoms with Gasteiger partial charge in [0.25, 0.3) is 0 Å². The molecule has 0 aliphatic heterocycles. The first-order chi connectivity index (χ1) is 9.74. The van der Waals surface area contributed by atoms with Crippen molar-refractivity contribution in [3.63, 3.8) is 0 Å². The Morgan fingerprint density at radius 2 is 1.30 bits per heavy atom. The topological polar surface area (TPSA) is 0 Å². The fraction of sp³-hybridized carbons (Fsp3) is 0.400. The van der Waals surface area contributed by atoms with Crippen molar-refractivity contribution in [3.8, 4) is 0 Å².